The maximum atomic E-state index is 12.7. The lowest BCUT2D eigenvalue weighted by atomic mass is 10.1. The molecule has 0 aliphatic carbocycles. The molecular formula is C20H15N3O2S. The van der Waals surface area contributed by atoms with Crippen molar-refractivity contribution in [3.8, 4) is 11.3 Å². The summed E-state index contributed by atoms with van der Waals surface area (Å²) >= 11 is 1.17. The maximum absolute atomic E-state index is 12.7. The molecule has 0 aliphatic rings. The van der Waals surface area contributed by atoms with E-state index < -0.39 is 5.56 Å². The van der Waals surface area contributed by atoms with Crippen molar-refractivity contribution in [2.75, 3.05) is 0 Å². The summed E-state index contributed by atoms with van der Waals surface area (Å²) in [7, 11) is 0. The molecule has 0 unspecified atom stereocenters. The smallest absolute Gasteiger partial charge is 0.266 e. The monoisotopic (exact) mass is 361 g/mol. The second kappa shape index (κ2) is 6.65. The highest BCUT2D eigenvalue weighted by molar-refractivity contribution is 7.15. The van der Waals surface area contributed by atoms with Gasteiger partial charge in [-0.2, -0.15) is 14.6 Å². The molecule has 2 heterocycles. The quantitative estimate of drug-likeness (QED) is 0.562. The van der Waals surface area contributed by atoms with Crippen molar-refractivity contribution in [3.63, 3.8) is 0 Å². The molecule has 2 aromatic carbocycles. The third-order valence-electron chi connectivity index (χ3n) is 4.12. The number of benzene rings is 2. The van der Waals surface area contributed by atoms with Gasteiger partial charge in [-0.1, -0.05) is 72.9 Å². The van der Waals surface area contributed by atoms with Gasteiger partial charge >= 0.3 is 5.56 Å². The Morgan fingerprint density at radius 2 is 1.77 bits per heavy atom. The van der Waals surface area contributed by atoms with Gasteiger partial charge in [0.2, 0.25) is 4.96 Å². The van der Waals surface area contributed by atoms with Crippen LogP contribution in [0.3, 0.4) is 0 Å². The first-order chi connectivity index (χ1) is 12.7. The molecule has 0 fully saturated rings. The van der Waals surface area contributed by atoms with Crippen molar-refractivity contribution in [2.24, 2.45) is 0 Å². The molecule has 26 heavy (non-hydrogen) atoms. The molecule has 0 aliphatic heterocycles. The van der Waals surface area contributed by atoms with Gasteiger partial charge in [-0.15, -0.1) is 0 Å². The zero-order valence-electron chi connectivity index (χ0n) is 14.0. The molecule has 128 valence electrons. The standard InChI is InChI=1S/C20H15N3O2S/c1-2-13-8-10-14(11-9-13)12-16-19(25)23-20(26-16)21-18(24)17(22-23)15-6-4-3-5-7-15/h3-12H,2H2,1H3. The molecule has 4 aromatic rings. The fourth-order valence-electron chi connectivity index (χ4n) is 2.69. The van der Waals surface area contributed by atoms with Crippen molar-refractivity contribution in [1.82, 2.24) is 14.6 Å². The van der Waals surface area contributed by atoms with Crippen LogP contribution in [0.2, 0.25) is 0 Å². The first-order valence-electron chi connectivity index (χ1n) is 8.25. The molecule has 0 bridgehead atoms. The number of rotatable bonds is 3. The van der Waals surface area contributed by atoms with E-state index in [2.05, 4.69) is 17.0 Å². The van der Waals surface area contributed by atoms with Crippen LogP contribution in [0.15, 0.2) is 64.2 Å². The molecule has 4 rings (SSSR count). The molecule has 0 N–H and O–H groups in total. The van der Waals surface area contributed by atoms with Crippen LogP contribution in [0.1, 0.15) is 18.1 Å². The van der Waals surface area contributed by atoms with E-state index >= 15 is 0 Å². The molecule has 6 heteroatoms. The van der Waals surface area contributed by atoms with Crippen LogP contribution in [-0.4, -0.2) is 14.6 Å². The van der Waals surface area contributed by atoms with Gasteiger partial charge in [-0.3, -0.25) is 9.59 Å². The lowest BCUT2D eigenvalue weighted by Crippen LogP contribution is -2.26. The Hall–Kier alpha value is -3.12. The number of fused-ring (bicyclic) bond motifs is 1. The van der Waals surface area contributed by atoms with Gasteiger partial charge in [0.05, 0.1) is 4.53 Å². The normalized spacial score (nSPS) is 12.0. The first-order valence-corrected chi connectivity index (χ1v) is 9.07. The Kier molecular flexibility index (Phi) is 4.18. The van der Waals surface area contributed by atoms with E-state index in [4.69, 9.17) is 0 Å². The van der Waals surface area contributed by atoms with E-state index in [1.165, 1.54) is 21.4 Å². The zero-order valence-corrected chi connectivity index (χ0v) is 14.9. The van der Waals surface area contributed by atoms with Gasteiger partial charge in [0.15, 0.2) is 5.69 Å². The molecule has 2 aromatic heterocycles. The zero-order chi connectivity index (χ0) is 18.1. The summed E-state index contributed by atoms with van der Waals surface area (Å²) in [4.78, 5) is 29.3. The third kappa shape index (κ3) is 2.95. The van der Waals surface area contributed by atoms with Gasteiger partial charge in [0.1, 0.15) is 0 Å². The number of hydrogen-bond acceptors (Lipinski definition) is 5. The van der Waals surface area contributed by atoms with Gasteiger partial charge in [-0.25, -0.2) is 0 Å². The fraction of sp³-hybridized carbons (Fsp3) is 0.100. The highest BCUT2D eigenvalue weighted by Gasteiger charge is 2.12. The van der Waals surface area contributed by atoms with Gasteiger partial charge < -0.3 is 0 Å². The lowest BCUT2D eigenvalue weighted by molar-refractivity contribution is 0.873. The van der Waals surface area contributed by atoms with Crippen LogP contribution in [0.4, 0.5) is 0 Å². The van der Waals surface area contributed by atoms with E-state index in [0.717, 1.165) is 12.0 Å². The Bertz CT molecular complexity index is 1240. The van der Waals surface area contributed by atoms with Crippen molar-refractivity contribution < 1.29 is 0 Å². The minimum absolute atomic E-state index is 0.178. The largest absolute Gasteiger partial charge is 0.300 e. The summed E-state index contributed by atoms with van der Waals surface area (Å²) in [6, 6.07) is 17.1. The van der Waals surface area contributed by atoms with Crippen LogP contribution in [0, 0.1) is 0 Å². The number of aryl methyl sites for hydroxylation is 1. The van der Waals surface area contributed by atoms with E-state index in [0.29, 0.717) is 15.1 Å². The fourth-order valence-corrected chi connectivity index (χ4v) is 3.59. The highest BCUT2D eigenvalue weighted by atomic mass is 32.1. The molecule has 0 saturated carbocycles. The van der Waals surface area contributed by atoms with E-state index in [-0.39, 0.29) is 11.3 Å². The van der Waals surface area contributed by atoms with Crippen LogP contribution in [-0.2, 0) is 6.42 Å². The molecule has 0 saturated heterocycles. The second-order valence-electron chi connectivity index (χ2n) is 5.84. The molecule has 5 nitrogen and oxygen atoms in total. The molecular weight excluding hydrogens is 346 g/mol. The minimum Gasteiger partial charge on any atom is -0.266 e. The van der Waals surface area contributed by atoms with E-state index in [1.807, 2.05) is 42.5 Å². The van der Waals surface area contributed by atoms with Gasteiger partial charge in [-0.05, 0) is 23.6 Å². The average molecular weight is 361 g/mol. The van der Waals surface area contributed by atoms with Crippen LogP contribution in [0.5, 0.6) is 0 Å². The number of aromatic nitrogens is 3. The molecule has 0 spiro atoms. The summed E-state index contributed by atoms with van der Waals surface area (Å²) in [6.07, 6.45) is 2.77. The lowest BCUT2D eigenvalue weighted by Gasteiger charge is -1.98. The average Bonchev–Trinajstić information content (AvgIpc) is 2.97. The summed E-state index contributed by atoms with van der Waals surface area (Å²) in [6.45, 7) is 2.10. The number of thiazole rings is 1. The highest BCUT2D eigenvalue weighted by Crippen LogP contribution is 2.11. The summed E-state index contributed by atoms with van der Waals surface area (Å²) in [5.74, 6) is 0. The van der Waals surface area contributed by atoms with Crippen molar-refractivity contribution in [2.45, 2.75) is 13.3 Å². The number of hydrogen-bond donors (Lipinski definition) is 0. The topological polar surface area (TPSA) is 64.3 Å². The molecule has 0 atom stereocenters. The van der Waals surface area contributed by atoms with Gasteiger partial charge in [0, 0.05) is 5.56 Å². The Morgan fingerprint density at radius 3 is 2.46 bits per heavy atom. The third-order valence-corrected chi connectivity index (χ3v) is 5.08. The minimum atomic E-state index is -0.434. The van der Waals surface area contributed by atoms with E-state index in [1.54, 1.807) is 18.2 Å². The predicted octanol–water partition coefficient (Wildman–Crippen LogP) is 2.29. The maximum Gasteiger partial charge on any atom is 0.300 e. The Balaban J connectivity index is 1.88. The van der Waals surface area contributed by atoms with Crippen LogP contribution < -0.4 is 15.7 Å². The van der Waals surface area contributed by atoms with Crippen molar-refractivity contribution in [3.05, 3.63) is 91.0 Å². The molecule has 0 amide bonds. The van der Waals surface area contributed by atoms with E-state index in [9.17, 15) is 9.59 Å². The molecule has 0 radical (unpaired) electrons. The van der Waals surface area contributed by atoms with Crippen molar-refractivity contribution >= 4 is 22.4 Å². The van der Waals surface area contributed by atoms with Crippen LogP contribution >= 0.6 is 11.3 Å². The summed E-state index contributed by atoms with van der Waals surface area (Å²) in [5, 5.41) is 4.25. The Morgan fingerprint density at radius 1 is 1.04 bits per heavy atom. The van der Waals surface area contributed by atoms with Crippen molar-refractivity contribution in [1.29, 1.82) is 0 Å². The number of nitrogens with zero attached hydrogens (tertiary/aromatic N) is 3. The predicted molar refractivity (Wildman–Crippen MR) is 103 cm³/mol. The second-order valence-corrected chi connectivity index (χ2v) is 6.85. The Labute approximate surface area is 152 Å². The van der Waals surface area contributed by atoms with Gasteiger partial charge in [0.25, 0.3) is 5.56 Å². The van der Waals surface area contributed by atoms with Crippen LogP contribution in [0.25, 0.3) is 22.3 Å². The first kappa shape index (κ1) is 16.4. The SMILES string of the molecule is CCc1ccc(C=c2sc3nc(=O)c(-c4ccccc4)nn3c2=O)cc1. The summed E-state index contributed by atoms with van der Waals surface area (Å²) < 4.78 is 1.71. The summed E-state index contributed by atoms with van der Waals surface area (Å²) in [5.41, 5.74) is 2.28.